The first-order valence-corrected chi connectivity index (χ1v) is 6.48. The van der Waals surface area contributed by atoms with Crippen LogP contribution in [0.4, 0.5) is 4.39 Å². The maximum absolute atomic E-state index is 13.7. The van der Waals surface area contributed by atoms with E-state index in [-0.39, 0.29) is 11.9 Å². The number of rotatable bonds is 6. The molecule has 0 amide bonds. The van der Waals surface area contributed by atoms with Gasteiger partial charge in [0.2, 0.25) is 0 Å². The first kappa shape index (κ1) is 14.4. The minimum atomic E-state index is -0.228. The van der Waals surface area contributed by atoms with Crippen LogP contribution in [0.5, 0.6) is 0 Å². The highest BCUT2D eigenvalue weighted by Crippen LogP contribution is 2.20. The highest BCUT2D eigenvalue weighted by molar-refractivity contribution is 9.10. The summed E-state index contributed by atoms with van der Waals surface area (Å²) in [6, 6.07) is 4.92. The number of allylic oxidation sites excluding steroid dienone is 1. The van der Waals surface area contributed by atoms with Crippen LogP contribution in [0.2, 0.25) is 0 Å². The van der Waals surface area contributed by atoms with Crippen LogP contribution in [0, 0.1) is 5.82 Å². The van der Waals surface area contributed by atoms with Gasteiger partial charge < -0.3 is 11.1 Å². The van der Waals surface area contributed by atoms with Crippen molar-refractivity contribution in [3.05, 3.63) is 46.2 Å². The average molecular weight is 301 g/mol. The van der Waals surface area contributed by atoms with Crippen molar-refractivity contribution in [2.45, 2.75) is 19.4 Å². The van der Waals surface area contributed by atoms with Gasteiger partial charge in [0, 0.05) is 22.6 Å². The molecular weight excluding hydrogens is 283 g/mol. The molecule has 0 radical (unpaired) electrons. The molecule has 0 aliphatic rings. The quantitative estimate of drug-likeness (QED) is 0.626. The molecule has 1 rings (SSSR count). The molecule has 0 heterocycles. The molecule has 3 N–H and O–H groups in total. The lowest BCUT2D eigenvalue weighted by atomic mass is 10.1. The van der Waals surface area contributed by atoms with Crippen LogP contribution < -0.4 is 11.1 Å². The van der Waals surface area contributed by atoms with Crippen molar-refractivity contribution in [2.75, 3.05) is 13.1 Å². The third-order valence-electron chi connectivity index (χ3n) is 2.51. The lowest BCUT2D eigenvalue weighted by Gasteiger charge is -2.17. The Morgan fingerprint density at radius 3 is 2.88 bits per heavy atom. The Kier molecular flexibility index (Phi) is 6.40. The van der Waals surface area contributed by atoms with Gasteiger partial charge in [0.15, 0.2) is 0 Å². The summed E-state index contributed by atoms with van der Waals surface area (Å²) in [5.74, 6) is -0.228. The average Bonchev–Trinajstić information content (AvgIpc) is 2.31. The fourth-order valence-corrected chi connectivity index (χ4v) is 1.95. The Labute approximate surface area is 110 Å². The predicted molar refractivity (Wildman–Crippen MR) is 73.3 cm³/mol. The van der Waals surface area contributed by atoms with Crippen molar-refractivity contribution in [3.63, 3.8) is 0 Å². The van der Waals surface area contributed by atoms with E-state index in [4.69, 9.17) is 5.73 Å². The first-order chi connectivity index (χ1) is 8.19. The van der Waals surface area contributed by atoms with Gasteiger partial charge in [0.25, 0.3) is 0 Å². The monoisotopic (exact) mass is 300 g/mol. The minimum Gasteiger partial charge on any atom is -0.329 e. The molecule has 4 heteroatoms. The second-order valence-electron chi connectivity index (χ2n) is 3.77. The molecule has 2 nitrogen and oxygen atoms in total. The van der Waals surface area contributed by atoms with Crippen molar-refractivity contribution >= 4 is 15.9 Å². The SMILES string of the molecule is C/C=C/CCNC(CN)c1ccc(Br)cc1F. The van der Waals surface area contributed by atoms with Gasteiger partial charge in [-0.3, -0.25) is 0 Å². The van der Waals surface area contributed by atoms with Crippen molar-refractivity contribution in [1.29, 1.82) is 0 Å². The number of hydrogen-bond acceptors (Lipinski definition) is 2. The van der Waals surface area contributed by atoms with Gasteiger partial charge in [0.05, 0.1) is 0 Å². The van der Waals surface area contributed by atoms with Crippen LogP contribution >= 0.6 is 15.9 Å². The molecule has 1 aromatic rings. The van der Waals surface area contributed by atoms with Crippen molar-refractivity contribution < 1.29 is 4.39 Å². The number of halogens is 2. The highest BCUT2D eigenvalue weighted by atomic mass is 79.9. The smallest absolute Gasteiger partial charge is 0.129 e. The van der Waals surface area contributed by atoms with Gasteiger partial charge >= 0.3 is 0 Å². The molecule has 0 fully saturated rings. The molecule has 94 valence electrons. The molecule has 0 saturated heterocycles. The Morgan fingerprint density at radius 2 is 2.29 bits per heavy atom. The summed E-state index contributed by atoms with van der Waals surface area (Å²) in [4.78, 5) is 0. The van der Waals surface area contributed by atoms with E-state index in [9.17, 15) is 4.39 Å². The van der Waals surface area contributed by atoms with E-state index in [1.54, 1.807) is 6.07 Å². The second kappa shape index (κ2) is 7.58. The third kappa shape index (κ3) is 4.58. The van der Waals surface area contributed by atoms with Crippen molar-refractivity contribution in [1.82, 2.24) is 5.32 Å². The summed E-state index contributed by atoms with van der Waals surface area (Å²) in [5.41, 5.74) is 6.29. The zero-order valence-corrected chi connectivity index (χ0v) is 11.5. The van der Waals surface area contributed by atoms with Crippen LogP contribution in [0.3, 0.4) is 0 Å². The Morgan fingerprint density at radius 1 is 1.53 bits per heavy atom. The molecule has 0 saturated carbocycles. The Hall–Kier alpha value is -0.710. The predicted octanol–water partition coefficient (Wildman–Crippen LogP) is 3.14. The van der Waals surface area contributed by atoms with Gasteiger partial charge in [-0.2, -0.15) is 0 Å². The summed E-state index contributed by atoms with van der Waals surface area (Å²) in [6.45, 7) is 3.16. The van der Waals surface area contributed by atoms with E-state index < -0.39 is 0 Å². The van der Waals surface area contributed by atoms with Crippen LogP contribution in [-0.2, 0) is 0 Å². The van der Waals surface area contributed by atoms with E-state index in [1.165, 1.54) is 6.07 Å². The summed E-state index contributed by atoms with van der Waals surface area (Å²) in [7, 11) is 0. The Balaban J connectivity index is 2.65. The maximum Gasteiger partial charge on any atom is 0.129 e. The van der Waals surface area contributed by atoms with Crippen LogP contribution in [0.25, 0.3) is 0 Å². The van der Waals surface area contributed by atoms with Gasteiger partial charge in [-0.15, -0.1) is 0 Å². The summed E-state index contributed by atoms with van der Waals surface area (Å²) in [6.07, 6.45) is 4.99. The minimum absolute atomic E-state index is 0.131. The zero-order chi connectivity index (χ0) is 12.7. The molecule has 17 heavy (non-hydrogen) atoms. The third-order valence-corrected chi connectivity index (χ3v) is 3.00. The van der Waals surface area contributed by atoms with Crippen LogP contribution in [-0.4, -0.2) is 13.1 Å². The van der Waals surface area contributed by atoms with Crippen molar-refractivity contribution in [3.8, 4) is 0 Å². The molecule has 0 aliphatic heterocycles. The van der Waals surface area contributed by atoms with E-state index >= 15 is 0 Å². The largest absolute Gasteiger partial charge is 0.329 e. The highest BCUT2D eigenvalue weighted by Gasteiger charge is 2.13. The van der Waals surface area contributed by atoms with E-state index in [1.807, 2.05) is 19.1 Å². The molecule has 1 unspecified atom stereocenters. The topological polar surface area (TPSA) is 38.0 Å². The van der Waals surface area contributed by atoms with E-state index in [2.05, 4.69) is 27.3 Å². The maximum atomic E-state index is 13.7. The van der Waals surface area contributed by atoms with Gasteiger partial charge in [-0.25, -0.2) is 4.39 Å². The number of hydrogen-bond donors (Lipinski definition) is 2. The van der Waals surface area contributed by atoms with Crippen LogP contribution in [0.15, 0.2) is 34.8 Å². The van der Waals surface area contributed by atoms with Gasteiger partial charge in [-0.1, -0.05) is 34.1 Å². The lowest BCUT2D eigenvalue weighted by molar-refractivity contribution is 0.510. The molecule has 0 bridgehead atoms. The summed E-state index contributed by atoms with van der Waals surface area (Å²) < 4.78 is 14.5. The van der Waals surface area contributed by atoms with Gasteiger partial charge in [-0.05, 0) is 32.0 Å². The van der Waals surface area contributed by atoms with Crippen molar-refractivity contribution in [2.24, 2.45) is 5.73 Å². The summed E-state index contributed by atoms with van der Waals surface area (Å²) in [5, 5.41) is 3.25. The second-order valence-corrected chi connectivity index (χ2v) is 4.68. The van der Waals surface area contributed by atoms with E-state index in [0.29, 0.717) is 12.1 Å². The molecule has 1 atom stereocenters. The van der Waals surface area contributed by atoms with Crippen LogP contribution in [0.1, 0.15) is 24.9 Å². The number of benzene rings is 1. The lowest BCUT2D eigenvalue weighted by Crippen LogP contribution is -2.29. The fourth-order valence-electron chi connectivity index (χ4n) is 1.61. The number of nitrogens with one attached hydrogen (secondary N) is 1. The molecule has 1 aromatic carbocycles. The standard InChI is InChI=1S/C13H18BrFN2/c1-2-3-4-7-17-13(9-16)11-6-5-10(14)8-12(11)15/h2-3,5-6,8,13,17H,4,7,9,16H2,1H3/b3-2+. The molecular formula is C13H18BrFN2. The number of nitrogens with two attached hydrogens (primary N) is 1. The Bertz CT molecular complexity index is 380. The fraction of sp³-hybridized carbons (Fsp3) is 0.385. The normalized spacial score (nSPS) is 13.2. The summed E-state index contributed by atoms with van der Waals surface area (Å²) >= 11 is 3.24. The molecule has 0 aromatic heterocycles. The molecule has 0 aliphatic carbocycles. The van der Waals surface area contributed by atoms with Gasteiger partial charge in [0.1, 0.15) is 5.82 Å². The molecule has 0 spiro atoms. The first-order valence-electron chi connectivity index (χ1n) is 5.68. The zero-order valence-electron chi connectivity index (χ0n) is 9.92. The van der Waals surface area contributed by atoms with E-state index in [0.717, 1.165) is 17.4 Å².